The predicted octanol–water partition coefficient (Wildman–Crippen LogP) is 4.39. The maximum absolute atomic E-state index is 13.5. The second kappa shape index (κ2) is 6.31. The van der Waals surface area contributed by atoms with Gasteiger partial charge in [0, 0.05) is 6.04 Å². The van der Waals surface area contributed by atoms with Crippen LogP contribution >= 0.6 is 15.9 Å². The summed E-state index contributed by atoms with van der Waals surface area (Å²) in [5, 5.41) is 0. The van der Waals surface area contributed by atoms with Crippen LogP contribution in [0.25, 0.3) is 0 Å². The molecule has 0 radical (unpaired) electrons. The Balaban J connectivity index is 2.26. The molecule has 3 heteroatoms. The first kappa shape index (κ1) is 14.2. The fraction of sp³-hybridized carbons (Fsp3) is 0.250. The average Bonchev–Trinajstić information content (AvgIpc) is 2.43. The summed E-state index contributed by atoms with van der Waals surface area (Å²) in [6, 6.07) is 13.1. The highest BCUT2D eigenvalue weighted by atomic mass is 79.9. The van der Waals surface area contributed by atoms with Crippen molar-refractivity contribution in [3.05, 3.63) is 69.4 Å². The summed E-state index contributed by atoms with van der Waals surface area (Å²) in [7, 11) is 0. The summed E-state index contributed by atoms with van der Waals surface area (Å²) in [5.41, 5.74) is 9.57. The first-order valence-electron chi connectivity index (χ1n) is 6.39. The van der Waals surface area contributed by atoms with Crippen LogP contribution < -0.4 is 5.73 Å². The van der Waals surface area contributed by atoms with Gasteiger partial charge in [0.2, 0.25) is 0 Å². The zero-order valence-corrected chi connectivity index (χ0v) is 12.5. The van der Waals surface area contributed by atoms with Gasteiger partial charge < -0.3 is 5.73 Å². The quantitative estimate of drug-likeness (QED) is 0.887. The monoisotopic (exact) mass is 321 g/mol. The smallest absolute Gasteiger partial charge is 0.137 e. The van der Waals surface area contributed by atoms with E-state index in [2.05, 4.69) is 35.0 Å². The number of hydrogen-bond acceptors (Lipinski definition) is 1. The summed E-state index contributed by atoms with van der Waals surface area (Å²) < 4.78 is 14.0. The van der Waals surface area contributed by atoms with Crippen LogP contribution in [0, 0.1) is 5.82 Å². The molecule has 0 saturated heterocycles. The lowest BCUT2D eigenvalue weighted by atomic mass is 9.94. The number of rotatable bonds is 4. The molecule has 2 aromatic rings. The van der Waals surface area contributed by atoms with Crippen LogP contribution in [0.1, 0.15) is 29.7 Å². The van der Waals surface area contributed by atoms with Crippen molar-refractivity contribution < 1.29 is 4.39 Å². The zero-order valence-electron chi connectivity index (χ0n) is 10.9. The molecule has 0 aromatic heterocycles. The molecular formula is C16H17BrFN. The molecule has 0 aliphatic rings. The number of benzene rings is 2. The van der Waals surface area contributed by atoms with E-state index in [-0.39, 0.29) is 11.9 Å². The van der Waals surface area contributed by atoms with Gasteiger partial charge in [-0.1, -0.05) is 43.3 Å². The van der Waals surface area contributed by atoms with Crippen LogP contribution in [-0.2, 0) is 12.8 Å². The molecule has 100 valence electrons. The van der Waals surface area contributed by atoms with Gasteiger partial charge in [0.25, 0.3) is 0 Å². The van der Waals surface area contributed by atoms with Gasteiger partial charge in [-0.25, -0.2) is 4.39 Å². The maximum atomic E-state index is 13.5. The third kappa shape index (κ3) is 3.23. The van der Waals surface area contributed by atoms with Crippen molar-refractivity contribution in [2.75, 3.05) is 0 Å². The zero-order chi connectivity index (χ0) is 13.8. The lowest BCUT2D eigenvalue weighted by Crippen LogP contribution is -2.15. The Labute approximate surface area is 121 Å². The Morgan fingerprint density at radius 2 is 1.79 bits per heavy atom. The normalized spacial score (nSPS) is 12.4. The maximum Gasteiger partial charge on any atom is 0.137 e. The van der Waals surface area contributed by atoms with Crippen molar-refractivity contribution in [3.8, 4) is 0 Å². The highest BCUT2D eigenvalue weighted by molar-refractivity contribution is 9.10. The van der Waals surface area contributed by atoms with Crippen LogP contribution in [0.5, 0.6) is 0 Å². The summed E-state index contributed by atoms with van der Waals surface area (Å²) in [6.07, 6.45) is 1.57. The Hall–Kier alpha value is -1.19. The molecule has 1 unspecified atom stereocenters. The molecule has 0 aliphatic heterocycles. The molecule has 0 heterocycles. The molecule has 0 aliphatic carbocycles. The molecule has 0 fully saturated rings. The molecule has 1 nitrogen and oxygen atoms in total. The van der Waals surface area contributed by atoms with E-state index in [9.17, 15) is 4.39 Å². The summed E-state index contributed by atoms with van der Waals surface area (Å²) in [6.45, 7) is 2.11. The van der Waals surface area contributed by atoms with Gasteiger partial charge in [0.05, 0.1) is 4.47 Å². The second-order valence-corrected chi connectivity index (χ2v) is 5.37. The standard InChI is InChI=1S/C16H17BrFN/c1-2-11-6-3-4-8-13(11)15(19)10-12-7-5-9-14(18)16(12)17/h3-9,15H,2,10,19H2,1H3. The second-order valence-electron chi connectivity index (χ2n) is 4.58. The lowest BCUT2D eigenvalue weighted by molar-refractivity contribution is 0.614. The van der Waals surface area contributed by atoms with E-state index < -0.39 is 0 Å². The number of nitrogens with two attached hydrogens (primary N) is 1. The fourth-order valence-electron chi connectivity index (χ4n) is 2.27. The molecule has 0 bridgehead atoms. The van der Waals surface area contributed by atoms with E-state index >= 15 is 0 Å². The van der Waals surface area contributed by atoms with Crippen molar-refractivity contribution in [1.29, 1.82) is 0 Å². The minimum absolute atomic E-state index is 0.116. The van der Waals surface area contributed by atoms with E-state index in [1.165, 1.54) is 11.6 Å². The SMILES string of the molecule is CCc1ccccc1C(N)Cc1cccc(F)c1Br. The van der Waals surface area contributed by atoms with Gasteiger partial charge in [-0.15, -0.1) is 0 Å². The topological polar surface area (TPSA) is 26.0 Å². The van der Waals surface area contributed by atoms with Crippen molar-refractivity contribution in [3.63, 3.8) is 0 Å². The van der Waals surface area contributed by atoms with Crippen molar-refractivity contribution >= 4 is 15.9 Å². The van der Waals surface area contributed by atoms with E-state index in [0.717, 1.165) is 17.5 Å². The molecule has 0 amide bonds. The predicted molar refractivity (Wildman–Crippen MR) is 80.6 cm³/mol. The van der Waals surface area contributed by atoms with E-state index in [1.54, 1.807) is 6.07 Å². The number of halogens is 2. The lowest BCUT2D eigenvalue weighted by Gasteiger charge is -2.17. The van der Waals surface area contributed by atoms with Gasteiger partial charge in [-0.05, 0) is 51.5 Å². The van der Waals surface area contributed by atoms with Crippen LogP contribution in [-0.4, -0.2) is 0 Å². The first-order chi connectivity index (χ1) is 9.13. The van der Waals surface area contributed by atoms with Crippen LogP contribution in [0.15, 0.2) is 46.9 Å². The molecule has 2 rings (SSSR count). The minimum Gasteiger partial charge on any atom is -0.324 e. The van der Waals surface area contributed by atoms with Gasteiger partial charge in [0.15, 0.2) is 0 Å². The Morgan fingerprint density at radius 3 is 2.53 bits per heavy atom. The van der Waals surface area contributed by atoms with Crippen LogP contribution in [0.3, 0.4) is 0 Å². The van der Waals surface area contributed by atoms with E-state index in [1.807, 2.05) is 18.2 Å². The number of aryl methyl sites for hydroxylation is 1. The Kier molecular flexibility index (Phi) is 4.72. The van der Waals surface area contributed by atoms with E-state index in [4.69, 9.17) is 5.73 Å². The summed E-state index contributed by atoms with van der Waals surface area (Å²) in [4.78, 5) is 0. The molecule has 1 atom stereocenters. The van der Waals surface area contributed by atoms with Crippen LogP contribution in [0.4, 0.5) is 4.39 Å². The van der Waals surface area contributed by atoms with Gasteiger partial charge >= 0.3 is 0 Å². The Bertz CT molecular complexity index is 568. The molecule has 2 aromatic carbocycles. The third-order valence-electron chi connectivity index (χ3n) is 3.31. The molecular weight excluding hydrogens is 305 g/mol. The first-order valence-corrected chi connectivity index (χ1v) is 7.19. The molecule has 0 spiro atoms. The van der Waals surface area contributed by atoms with E-state index in [0.29, 0.717) is 10.9 Å². The average molecular weight is 322 g/mol. The molecule has 0 saturated carbocycles. The van der Waals surface area contributed by atoms with Crippen molar-refractivity contribution in [2.45, 2.75) is 25.8 Å². The molecule has 2 N–H and O–H groups in total. The highest BCUT2D eigenvalue weighted by Crippen LogP contribution is 2.26. The van der Waals surface area contributed by atoms with Crippen molar-refractivity contribution in [1.82, 2.24) is 0 Å². The van der Waals surface area contributed by atoms with Gasteiger partial charge in [-0.2, -0.15) is 0 Å². The third-order valence-corrected chi connectivity index (χ3v) is 4.19. The van der Waals surface area contributed by atoms with Gasteiger partial charge in [-0.3, -0.25) is 0 Å². The summed E-state index contributed by atoms with van der Waals surface area (Å²) >= 11 is 3.29. The summed E-state index contributed by atoms with van der Waals surface area (Å²) in [5.74, 6) is -0.242. The fourth-order valence-corrected chi connectivity index (χ4v) is 2.70. The highest BCUT2D eigenvalue weighted by Gasteiger charge is 2.13. The molecule has 19 heavy (non-hydrogen) atoms. The van der Waals surface area contributed by atoms with Crippen LogP contribution in [0.2, 0.25) is 0 Å². The minimum atomic E-state index is -0.242. The van der Waals surface area contributed by atoms with Gasteiger partial charge in [0.1, 0.15) is 5.82 Å². The van der Waals surface area contributed by atoms with Crippen molar-refractivity contribution in [2.24, 2.45) is 5.73 Å². The largest absolute Gasteiger partial charge is 0.324 e. The number of hydrogen-bond donors (Lipinski definition) is 1. The Morgan fingerprint density at radius 1 is 1.11 bits per heavy atom.